The first-order chi connectivity index (χ1) is 7.11. The molecule has 2 N–H and O–H groups in total. The first-order valence-electron chi connectivity index (χ1n) is 4.29. The Hall–Kier alpha value is -1.07. The Kier molecular flexibility index (Phi) is 4.58. The molecule has 82 valence electrons. The Balaban J connectivity index is 2.31. The number of amides is 3. The largest absolute Gasteiger partial charge is 0.333 e. The molecule has 0 atom stereocenters. The molecule has 1 heterocycles. The number of carbonyl (C=O) groups is 2. The minimum absolute atomic E-state index is 0.217. The number of imide groups is 1. The van der Waals surface area contributed by atoms with Gasteiger partial charge in [-0.05, 0) is 23.9 Å². The van der Waals surface area contributed by atoms with Gasteiger partial charge in [0.25, 0.3) is 0 Å². The molecule has 0 saturated carbocycles. The summed E-state index contributed by atoms with van der Waals surface area (Å²) in [6, 6.07) is 1.46. The van der Waals surface area contributed by atoms with Crippen molar-refractivity contribution in [3.05, 3.63) is 21.9 Å². The number of aryl methyl sites for hydroxylation is 1. The van der Waals surface area contributed by atoms with E-state index in [0.29, 0.717) is 6.54 Å². The van der Waals surface area contributed by atoms with Crippen molar-refractivity contribution in [3.8, 4) is 0 Å². The summed E-state index contributed by atoms with van der Waals surface area (Å²) in [6.45, 7) is 2.40. The van der Waals surface area contributed by atoms with Crippen molar-refractivity contribution < 1.29 is 9.59 Å². The smallest absolute Gasteiger partial charge is 0.321 e. The lowest BCUT2D eigenvalue weighted by molar-refractivity contribution is -0.117. The molecule has 0 aliphatic rings. The lowest BCUT2D eigenvalue weighted by Gasteiger charge is -2.03. The van der Waals surface area contributed by atoms with Crippen molar-refractivity contribution in [2.75, 3.05) is 5.88 Å². The van der Waals surface area contributed by atoms with E-state index < -0.39 is 11.9 Å². The fraction of sp³-hybridized carbons (Fsp3) is 0.333. The Labute approximate surface area is 96.6 Å². The molecule has 3 amide bonds. The summed E-state index contributed by atoms with van der Waals surface area (Å²) >= 11 is 6.79. The number of halogens is 1. The highest BCUT2D eigenvalue weighted by Gasteiger charge is 2.05. The summed E-state index contributed by atoms with van der Waals surface area (Å²) in [4.78, 5) is 22.9. The lowest BCUT2D eigenvalue weighted by Crippen LogP contribution is -2.39. The first kappa shape index (κ1) is 12.0. The molecule has 0 fully saturated rings. The quantitative estimate of drug-likeness (QED) is 0.797. The molecule has 4 nitrogen and oxygen atoms in total. The molecule has 0 radical (unpaired) electrons. The van der Waals surface area contributed by atoms with Gasteiger partial charge < -0.3 is 5.32 Å². The Bertz CT molecular complexity index is 365. The van der Waals surface area contributed by atoms with Crippen molar-refractivity contribution in [1.29, 1.82) is 0 Å². The second-order valence-electron chi connectivity index (χ2n) is 2.95. The van der Waals surface area contributed by atoms with Gasteiger partial charge in [-0.1, -0.05) is 0 Å². The molecular weight excluding hydrogens is 236 g/mol. The van der Waals surface area contributed by atoms with Crippen LogP contribution in [0.1, 0.15) is 10.4 Å². The van der Waals surface area contributed by atoms with E-state index in [-0.39, 0.29) is 5.88 Å². The molecule has 15 heavy (non-hydrogen) atoms. The minimum Gasteiger partial charge on any atom is -0.333 e. The van der Waals surface area contributed by atoms with Crippen LogP contribution in [0, 0.1) is 6.92 Å². The molecule has 1 aromatic heterocycles. The Morgan fingerprint density at radius 1 is 1.53 bits per heavy atom. The van der Waals surface area contributed by atoms with Crippen LogP contribution in [0.25, 0.3) is 0 Å². The standard InChI is InChI=1S/C9H11ClN2O2S/c1-6-2-7(15-5-6)4-11-9(14)12-8(13)3-10/h2,5H,3-4H2,1H3,(H2,11,12,13,14). The third-order valence-electron chi connectivity index (χ3n) is 1.58. The van der Waals surface area contributed by atoms with Crippen LogP contribution in [0.4, 0.5) is 4.79 Å². The van der Waals surface area contributed by atoms with Gasteiger partial charge in [0.2, 0.25) is 5.91 Å². The molecule has 0 aliphatic heterocycles. The van der Waals surface area contributed by atoms with E-state index in [1.807, 2.05) is 18.4 Å². The van der Waals surface area contributed by atoms with Crippen molar-refractivity contribution in [2.24, 2.45) is 0 Å². The molecular formula is C9H11ClN2O2S. The zero-order valence-electron chi connectivity index (χ0n) is 8.17. The number of urea groups is 1. The third-order valence-corrected chi connectivity index (χ3v) is 2.88. The molecule has 0 saturated heterocycles. The van der Waals surface area contributed by atoms with E-state index in [9.17, 15) is 9.59 Å². The van der Waals surface area contributed by atoms with Gasteiger partial charge in [0.05, 0.1) is 6.54 Å². The van der Waals surface area contributed by atoms with Crippen LogP contribution < -0.4 is 10.6 Å². The molecule has 6 heteroatoms. The molecule has 1 aromatic rings. The second kappa shape index (κ2) is 5.72. The number of carbonyl (C=O) groups excluding carboxylic acids is 2. The topological polar surface area (TPSA) is 58.2 Å². The minimum atomic E-state index is -0.522. The van der Waals surface area contributed by atoms with Crippen LogP contribution in [0.15, 0.2) is 11.4 Å². The second-order valence-corrected chi connectivity index (χ2v) is 4.22. The van der Waals surface area contributed by atoms with Crippen LogP contribution >= 0.6 is 22.9 Å². The van der Waals surface area contributed by atoms with Gasteiger partial charge in [-0.25, -0.2) is 4.79 Å². The van der Waals surface area contributed by atoms with Gasteiger partial charge in [-0.3, -0.25) is 10.1 Å². The van der Waals surface area contributed by atoms with E-state index in [1.165, 1.54) is 0 Å². The van der Waals surface area contributed by atoms with Gasteiger partial charge in [-0.2, -0.15) is 0 Å². The van der Waals surface area contributed by atoms with E-state index in [4.69, 9.17) is 11.6 Å². The number of thiophene rings is 1. The molecule has 0 aliphatic carbocycles. The van der Waals surface area contributed by atoms with Gasteiger partial charge in [-0.15, -0.1) is 22.9 Å². The predicted octanol–water partition coefficient (Wildman–Crippen LogP) is 1.62. The molecule has 1 rings (SSSR count). The zero-order valence-corrected chi connectivity index (χ0v) is 9.74. The maximum Gasteiger partial charge on any atom is 0.321 e. The zero-order chi connectivity index (χ0) is 11.3. The highest BCUT2D eigenvalue weighted by atomic mass is 35.5. The normalized spacial score (nSPS) is 9.73. The number of rotatable bonds is 3. The van der Waals surface area contributed by atoms with E-state index in [0.717, 1.165) is 10.4 Å². The molecule has 0 spiro atoms. The maximum absolute atomic E-state index is 11.1. The fourth-order valence-electron chi connectivity index (χ4n) is 0.955. The lowest BCUT2D eigenvalue weighted by atomic mass is 10.3. The van der Waals surface area contributed by atoms with E-state index >= 15 is 0 Å². The van der Waals surface area contributed by atoms with Crippen LogP contribution in [0.5, 0.6) is 0 Å². The van der Waals surface area contributed by atoms with Gasteiger partial charge in [0.1, 0.15) is 5.88 Å². The van der Waals surface area contributed by atoms with E-state index in [1.54, 1.807) is 11.3 Å². The third kappa shape index (κ3) is 4.31. The van der Waals surface area contributed by atoms with Crippen molar-refractivity contribution in [3.63, 3.8) is 0 Å². The van der Waals surface area contributed by atoms with Crippen molar-refractivity contribution in [1.82, 2.24) is 10.6 Å². The van der Waals surface area contributed by atoms with Crippen LogP contribution in [-0.4, -0.2) is 17.8 Å². The summed E-state index contributed by atoms with van der Waals surface area (Å²) in [5.74, 6) is -0.720. The molecule has 0 aromatic carbocycles. The SMILES string of the molecule is Cc1csc(CNC(=O)NC(=O)CCl)c1. The highest BCUT2D eigenvalue weighted by molar-refractivity contribution is 7.10. The van der Waals surface area contributed by atoms with Gasteiger partial charge in [0, 0.05) is 4.88 Å². The van der Waals surface area contributed by atoms with Gasteiger partial charge in [0.15, 0.2) is 0 Å². The van der Waals surface area contributed by atoms with Crippen molar-refractivity contribution in [2.45, 2.75) is 13.5 Å². The van der Waals surface area contributed by atoms with Gasteiger partial charge >= 0.3 is 6.03 Å². The summed E-state index contributed by atoms with van der Waals surface area (Å²) < 4.78 is 0. The average molecular weight is 247 g/mol. The number of hydrogen-bond donors (Lipinski definition) is 2. The summed E-state index contributed by atoms with van der Waals surface area (Å²) in [5, 5.41) is 6.65. The number of alkyl halides is 1. The summed E-state index contributed by atoms with van der Waals surface area (Å²) in [7, 11) is 0. The van der Waals surface area contributed by atoms with E-state index in [2.05, 4.69) is 10.6 Å². The maximum atomic E-state index is 11.1. The average Bonchev–Trinajstić information content (AvgIpc) is 2.61. The number of hydrogen-bond acceptors (Lipinski definition) is 3. The van der Waals surface area contributed by atoms with Crippen LogP contribution in [-0.2, 0) is 11.3 Å². The van der Waals surface area contributed by atoms with Crippen molar-refractivity contribution >= 4 is 34.9 Å². The fourth-order valence-corrected chi connectivity index (χ4v) is 1.84. The Morgan fingerprint density at radius 2 is 2.27 bits per heavy atom. The van der Waals surface area contributed by atoms with Crippen LogP contribution in [0.2, 0.25) is 0 Å². The summed E-state index contributed by atoms with van der Waals surface area (Å²) in [5.41, 5.74) is 1.16. The first-order valence-corrected chi connectivity index (χ1v) is 5.71. The Morgan fingerprint density at radius 3 is 2.80 bits per heavy atom. The monoisotopic (exact) mass is 246 g/mol. The highest BCUT2D eigenvalue weighted by Crippen LogP contribution is 2.12. The molecule has 0 unspecified atom stereocenters. The molecule has 0 bridgehead atoms. The summed E-state index contributed by atoms with van der Waals surface area (Å²) in [6.07, 6.45) is 0. The van der Waals surface area contributed by atoms with Crippen LogP contribution in [0.3, 0.4) is 0 Å². The predicted molar refractivity (Wildman–Crippen MR) is 60.2 cm³/mol. The number of nitrogens with one attached hydrogen (secondary N) is 2.